The molecule has 0 bridgehead atoms. The van der Waals surface area contributed by atoms with Gasteiger partial charge in [-0.05, 0) is 39.3 Å². The van der Waals surface area contributed by atoms with Crippen molar-refractivity contribution in [2.45, 2.75) is 33.7 Å². The highest BCUT2D eigenvalue weighted by Gasteiger charge is 2.49. The number of rotatable bonds is 3. The Bertz CT molecular complexity index is 1220. The van der Waals surface area contributed by atoms with Gasteiger partial charge in [0, 0.05) is 28.6 Å². The molecule has 0 radical (unpaired) electrons. The lowest BCUT2D eigenvalue weighted by atomic mass is 9.94. The third-order valence-electron chi connectivity index (χ3n) is 5.43. The predicted octanol–water partition coefficient (Wildman–Crippen LogP) is 4.00. The van der Waals surface area contributed by atoms with E-state index in [1.807, 2.05) is 6.92 Å². The summed E-state index contributed by atoms with van der Waals surface area (Å²) in [6, 6.07) is 6.11. The molecule has 8 heteroatoms. The molecule has 1 aliphatic rings. The van der Waals surface area contributed by atoms with Crippen LogP contribution in [-0.4, -0.2) is 26.9 Å². The maximum atomic E-state index is 14.8. The Kier molecular flexibility index (Phi) is 4.57. The average molecular weight is 409 g/mol. The maximum absolute atomic E-state index is 14.8. The van der Waals surface area contributed by atoms with Gasteiger partial charge in [0.1, 0.15) is 17.3 Å². The minimum atomic E-state index is -1.19. The average Bonchev–Trinajstić information content (AvgIpc) is 3.31. The fraction of sp³-hybridized carbons (Fsp3) is 0.227. The van der Waals surface area contributed by atoms with Crippen molar-refractivity contribution < 1.29 is 23.6 Å². The van der Waals surface area contributed by atoms with E-state index >= 15 is 0 Å². The number of anilines is 1. The normalized spacial score (nSPS) is 18.4. The smallest absolute Gasteiger partial charge is 0.301 e. The molecule has 0 spiro atoms. The maximum Gasteiger partial charge on any atom is 0.301 e. The Morgan fingerprint density at radius 1 is 1.17 bits per heavy atom. The molecule has 1 unspecified atom stereocenters. The van der Waals surface area contributed by atoms with Crippen molar-refractivity contribution in [2.75, 3.05) is 4.90 Å². The molecule has 154 valence electrons. The number of aromatic amines is 1. The van der Waals surface area contributed by atoms with Gasteiger partial charge in [0.15, 0.2) is 5.82 Å². The number of benzene rings is 1. The summed E-state index contributed by atoms with van der Waals surface area (Å²) in [7, 11) is 0. The van der Waals surface area contributed by atoms with Gasteiger partial charge in [0.25, 0.3) is 5.78 Å². The first kappa shape index (κ1) is 19.6. The van der Waals surface area contributed by atoms with E-state index in [1.165, 1.54) is 24.3 Å². The zero-order valence-electron chi connectivity index (χ0n) is 16.9. The molecule has 1 fully saturated rings. The van der Waals surface area contributed by atoms with Gasteiger partial charge >= 0.3 is 5.91 Å². The number of H-pyrrole nitrogens is 1. The zero-order chi connectivity index (χ0) is 21.7. The van der Waals surface area contributed by atoms with E-state index in [0.29, 0.717) is 17.0 Å². The highest BCUT2D eigenvalue weighted by molar-refractivity contribution is 6.51. The summed E-state index contributed by atoms with van der Waals surface area (Å²) in [6.07, 6.45) is 0. The standard InChI is InChI=1S/C22H20FN3O4/c1-10-9-16(25-30-10)26-19(14-7-5-6-8-15(14)23)18(21(28)22(26)29)20(27)17-11(2)12(3)24-13(17)4/h5-9,19,24,27H,1-4H3/b20-18+. The number of hydrogen-bond acceptors (Lipinski definition) is 5. The lowest BCUT2D eigenvalue weighted by Crippen LogP contribution is -2.30. The number of hydrogen-bond donors (Lipinski definition) is 2. The van der Waals surface area contributed by atoms with Gasteiger partial charge in [-0.1, -0.05) is 23.4 Å². The number of halogens is 1. The van der Waals surface area contributed by atoms with E-state index in [0.717, 1.165) is 16.2 Å². The molecule has 1 saturated heterocycles. The molecule has 0 aliphatic carbocycles. The number of nitrogens with one attached hydrogen (secondary N) is 1. The van der Waals surface area contributed by atoms with Crippen molar-refractivity contribution in [3.8, 4) is 0 Å². The topological polar surface area (TPSA) is 99.4 Å². The van der Waals surface area contributed by atoms with E-state index < -0.39 is 23.5 Å². The molecular weight excluding hydrogens is 389 g/mol. The van der Waals surface area contributed by atoms with Crippen LogP contribution in [-0.2, 0) is 9.59 Å². The monoisotopic (exact) mass is 409 g/mol. The largest absolute Gasteiger partial charge is 0.507 e. The van der Waals surface area contributed by atoms with Crippen molar-refractivity contribution >= 4 is 23.3 Å². The Balaban J connectivity index is 2.02. The van der Waals surface area contributed by atoms with E-state index in [2.05, 4.69) is 10.1 Å². The van der Waals surface area contributed by atoms with Crippen molar-refractivity contribution in [3.05, 3.63) is 75.6 Å². The highest BCUT2D eigenvalue weighted by Crippen LogP contribution is 2.43. The molecule has 1 aliphatic heterocycles. The summed E-state index contributed by atoms with van der Waals surface area (Å²) in [4.78, 5) is 30.2. The fourth-order valence-corrected chi connectivity index (χ4v) is 3.92. The summed E-state index contributed by atoms with van der Waals surface area (Å²) in [5, 5.41) is 15.0. The summed E-state index contributed by atoms with van der Waals surface area (Å²) in [6.45, 7) is 7.03. The van der Waals surface area contributed by atoms with Gasteiger partial charge in [-0.15, -0.1) is 0 Å². The first-order valence-corrected chi connectivity index (χ1v) is 9.37. The minimum Gasteiger partial charge on any atom is -0.507 e. The van der Waals surface area contributed by atoms with Crippen LogP contribution in [0.15, 0.2) is 40.4 Å². The number of nitrogens with zero attached hydrogens (tertiary/aromatic N) is 2. The van der Waals surface area contributed by atoms with E-state index in [-0.39, 0.29) is 22.7 Å². The number of aryl methyl sites for hydroxylation is 3. The molecule has 2 N–H and O–H groups in total. The van der Waals surface area contributed by atoms with Gasteiger partial charge in [-0.3, -0.25) is 14.5 Å². The Morgan fingerprint density at radius 2 is 1.87 bits per heavy atom. The number of aliphatic hydroxyl groups is 1. The SMILES string of the molecule is Cc1cc(N2C(=O)C(=O)/C(=C(/O)c3c(C)[nH]c(C)c3C)C2c2ccccc2F)no1. The molecule has 4 rings (SSSR count). The zero-order valence-corrected chi connectivity index (χ0v) is 16.9. The van der Waals surface area contributed by atoms with Crippen LogP contribution in [0, 0.1) is 33.5 Å². The third-order valence-corrected chi connectivity index (χ3v) is 5.43. The second kappa shape index (κ2) is 6.98. The van der Waals surface area contributed by atoms with Gasteiger partial charge in [0.05, 0.1) is 11.6 Å². The van der Waals surface area contributed by atoms with Crippen LogP contribution in [0.1, 0.15) is 39.9 Å². The molecule has 1 atom stereocenters. The van der Waals surface area contributed by atoms with Crippen LogP contribution < -0.4 is 4.90 Å². The molecule has 7 nitrogen and oxygen atoms in total. The molecule has 2 aromatic heterocycles. The number of carbonyl (C=O) groups is 2. The fourth-order valence-electron chi connectivity index (χ4n) is 3.92. The van der Waals surface area contributed by atoms with Gasteiger partial charge < -0.3 is 14.6 Å². The lowest BCUT2D eigenvalue weighted by molar-refractivity contribution is -0.132. The van der Waals surface area contributed by atoms with Crippen LogP contribution in [0.2, 0.25) is 0 Å². The van der Waals surface area contributed by atoms with E-state index in [9.17, 15) is 19.1 Å². The number of Topliss-reactive ketones (excluding diaryl/α,β-unsaturated/α-hetero) is 1. The second-order valence-corrected chi connectivity index (χ2v) is 7.36. The van der Waals surface area contributed by atoms with Crippen LogP contribution >= 0.6 is 0 Å². The van der Waals surface area contributed by atoms with Gasteiger partial charge in [-0.2, -0.15) is 0 Å². The molecule has 0 saturated carbocycles. The summed E-state index contributed by atoms with van der Waals surface area (Å²) >= 11 is 0. The number of ketones is 1. The van der Waals surface area contributed by atoms with Gasteiger partial charge in [-0.25, -0.2) is 4.39 Å². The van der Waals surface area contributed by atoms with Crippen molar-refractivity contribution in [2.24, 2.45) is 0 Å². The molecule has 3 aromatic rings. The number of amides is 1. The van der Waals surface area contributed by atoms with Crippen LogP contribution in [0.3, 0.4) is 0 Å². The third kappa shape index (κ3) is 2.83. The minimum absolute atomic E-state index is 0.0700. The molecule has 1 amide bonds. The molecular formula is C22H20FN3O4. The molecule has 30 heavy (non-hydrogen) atoms. The quantitative estimate of drug-likeness (QED) is 0.387. The van der Waals surface area contributed by atoms with Crippen LogP contribution in [0.25, 0.3) is 5.76 Å². The van der Waals surface area contributed by atoms with Crippen molar-refractivity contribution in [1.82, 2.24) is 10.1 Å². The highest BCUT2D eigenvalue weighted by atomic mass is 19.1. The van der Waals surface area contributed by atoms with Crippen molar-refractivity contribution in [1.29, 1.82) is 0 Å². The molecule has 3 heterocycles. The predicted molar refractivity (Wildman–Crippen MR) is 107 cm³/mol. The van der Waals surface area contributed by atoms with E-state index in [1.54, 1.807) is 26.8 Å². The summed E-state index contributed by atoms with van der Waals surface area (Å²) in [5.41, 5.74) is 2.48. The first-order valence-electron chi connectivity index (χ1n) is 9.37. The number of aromatic nitrogens is 2. The van der Waals surface area contributed by atoms with Crippen molar-refractivity contribution in [3.63, 3.8) is 0 Å². The lowest BCUT2D eigenvalue weighted by Gasteiger charge is -2.23. The summed E-state index contributed by atoms with van der Waals surface area (Å²) < 4.78 is 19.9. The Morgan fingerprint density at radius 3 is 2.43 bits per heavy atom. The number of carbonyl (C=O) groups excluding carboxylic acids is 2. The van der Waals surface area contributed by atoms with Gasteiger partial charge in [0.2, 0.25) is 0 Å². The second-order valence-electron chi connectivity index (χ2n) is 7.36. The summed E-state index contributed by atoms with van der Waals surface area (Å²) in [5.74, 6) is -2.31. The molecule has 1 aromatic carbocycles. The van der Waals surface area contributed by atoms with Crippen LogP contribution in [0.5, 0.6) is 0 Å². The first-order chi connectivity index (χ1) is 14.2. The Labute approximate surface area is 171 Å². The van der Waals surface area contributed by atoms with E-state index in [4.69, 9.17) is 4.52 Å². The Hall–Kier alpha value is -3.68. The number of aliphatic hydroxyl groups excluding tert-OH is 1. The van der Waals surface area contributed by atoms with Crippen LogP contribution in [0.4, 0.5) is 10.2 Å².